The molecule has 7 aromatic carbocycles. The Morgan fingerprint density at radius 2 is 1.09 bits per heavy atom. The van der Waals surface area contributed by atoms with Gasteiger partial charge in [0, 0.05) is 27.1 Å². The first-order chi connectivity index (χ1) is 21.8. The molecular weight excluding hydrogens is 538 g/mol. The molecule has 10 rings (SSSR count). The lowest BCUT2D eigenvalue weighted by molar-refractivity contribution is 0.651. The lowest BCUT2D eigenvalue weighted by atomic mass is 9.99. The zero-order valence-corrected chi connectivity index (χ0v) is 23.5. The molecule has 0 radical (unpaired) electrons. The second kappa shape index (κ2) is 8.76. The number of nitrogens with zero attached hydrogens (tertiary/aromatic N) is 3. The molecule has 0 fully saturated rings. The Bertz CT molecular complexity index is 2780. The molecule has 0 aliphatic heterocycles. The largest absolute Gasteiger partial charge is 0.437 e. The fourth-order valence-electron chi connectivity index (χ4n) is 7.09. The highest BCUT2D eigenvalue weighted by Gasteiger charge is 2.23. The third kappa shape index (κ3) is 3.17. The minimum Gasteiger partial charge on any atom is -0.437 e. The predicted molar refractivity (Wildman–Crippen MR) is 182 cm³/mol. The molecule has 4 nitrogen and oxygen atoms in total. The topological polar surface area (TPSA) is 43.9 Å². The van der Waals surface area contributed by atoms with Crippen molar-refractivity contribution >= 4 is 76.2 Å². The van der Waals surface area contributed by atoms with E-state index >= 15 is 0 Å². The zero-order chi connectivity index (χ0) is 28.8. The molecule has 3 aromatic heterocycles. The van der Waals surface area contributed by atoms with Gasteiger partial charge in [-0.15, -0.1) is 0 Å². The number of furan rings is 1. The third-order valence-corrected chi connectivity index (χ3v) is 9.01. The smallest absolute Gasteiger partial charge is 0.238 e. The number of benzene rings is 7. The van der Waals surface area contributed by atoms with E-state index in [1.54, 1.807) is 0 Å². The summed E-state index contributed by atoms with van der Waals surface area (Å²) in [4.78, 5) is 10.7. The van der Waals surface area contributed by atoms with E-state index < -0.39 is 0 Å². The highest BCUT2D eigenvalue weighted by atomic mass is 16.3. The van der Waals surface area contributed by atoms with E-state index in [1.165, 1.54) is 32.3 Å². The van der Waals surface area contributed by atoms with Gasteiger partial charge in [-0.2, -0.15) is 4.98 Å². The Labute approximate surface area is 251 Å². The fraction of sp³-hybridized carbons (Fsp3) is 0. The predicted octanol–water partition coefficient (Wildman–Crippen LogP) is 10.6. The van der Waals surface area contributed by atoms with Gasteiger partial charge in [0.05, 0.1) is 22.1 Å². The van der Waals surface area contributed by atoms with Gasteiger partial charge >= 0.3 is 0 Å². The van der Waals surface area contributed by atoms with Crippen molar-refractivity contribution in [3.8, 4) is 17.2 Å². The molecule has 0 aliphatic rings. The summed E-state index contributed by atoms with van der Waals surface area (Å²) in [7, 11) is 0. The minimum absolute atomic E-state index is 0.579. The van der Waals surface area contributed by atoms with Crippen molar-refractivity contribution in [2.24, 2.45) is 0 Å². The van der Waals surface area contributed by atoms with Crippen molar-refractivity contribution in [1.29, 1.82) is 0 Å². The first kappa shape index (κ1) is 23.6. The summed E-state index contributed by atoms with van der Waals surface area (Å²) in [5.74, 6) is 0.589. The van der Waals surface area contributed by atoms with Crippen LogP contribution in [-0.2, 0) is 0 Å². The number of para-hydroxylation sites is 1. The van der Waals surface area contributed by atoms with Crippen LogP contribution in [0.4, 0.5) is 0 Å². The van der Waals surface area contributed by atoms with Gasteiger partial charge in [-0.3, -0.25) is 4.57 Å². The van der Waals surface area contributed by atoms with Crippen LogP contribution in [0.25, 0.3) is 93.4 Å². The van der Waals surface area contributed by atoms with E-state index in [9.17, 15) is 0 Å². The first-order valence-electron chi connectivity index (χ1n) is 14.8. The van der Waals surface area contributed by atoms with Gasteiger partial charge in [0.15, 0.2) is 0 Å². The van der Waals surface area contributed by atoms with Crippen molar-refractivity contribution in [2.45, 2.75) is 0 Å². The summed E-state index contributed by atoms with van der Waals surface area (Å²) in [5, 5.41) is 11.4. The van der Waals surface area contributed by atoms with Crippen LogP contribution in [0.2, 0.25) is 0 Å². The third-order valence-electron chi connectivity index (χ3n) is 9.01. The maximum atomic E-state index is 6.48. The van der Waals surface area contributed by atoms with Crippen LogP contribution in [0.15, 0.2) is 144 Å². The average Bonchev–Trinajstić information content (AvgIpc) is 3.64. The summed E-state index contributed by atoms with van der Waals surface area (Å²) in [6.07, 6.45) is 0. The standard InChI is InChI=1S/C40H23N3O/c1-4-14-27-24(10-1)13-9-18-30(27)37-36-31-17-7-8-19-34(31)44-39(36)42-40(41-37)43-33-23-21-25-11-2-5-15-28(25)35(33)32-22-20-26-12-3-6-16-29(26)38(32)43/h1-23H. The molecule has 0 amide bonds. The Morgan fingerprint density at radius 3 is 1.93 bits per heavy atom. The first-order valence-corrected chi connectivity index (χ1v) is 14.8. The number of fused-ring (bicyclic) bond motifs is 11. The van der Waals surface area contributed by atoms with Crippen molar-refractivity contribution in [3.63, 3.8) is 0 Å². The van der Waals surface area contributed by atoms with Crippen LogP contribution in [0.5, 0.6) is 0 Å². The van der Waals surface area contributed by atoms with Crippen LogP contribution in [-0.4, -0.2) is 14.5 Å². The number of hydrogen-bond donors (Lipinski definition) is 0. The van der Waals surface area contributed by atoms with E-state index in [0.29, 0.717) is 11.7 Å². The van der Waals surface area contributed by atoms with Gasteiger partial charge in [0.2, 0.25) is 11.7 Å². The van der Waals surface area contributed by atoms with Crippen molar-refractivity contribution < 1.29 is 4.42 Å². The van der Waals surface area contributed by atoms with Gasteiger partial charge < -0.3 is 4.42 Å². The van der Waals surface area contributed by atoms with E-state index in [-0.39, 0.29) is 0 Å². The highest BCUT2D eigenvalue weighted by molar-refractivity contribution is 6.26. The van der Waals surface area contributed by atoms with Gasteiger partial charge in [-0.05, 0) is 39.1 Å². The van der Waals surface area contributed by atoms with Gasteiger partial charge in [0.25, 0.3) is 0 Å². The molecule has 4 heteroatoms. The van der Waals surface area contributed by atoms with Crippen LogP contribution >= 0.6 is 0 Å². The van der Waals surface area contributed by atoms with Crippen LogP contribution in [0, 0.1) is 0 Å². The summed E-state index contributed by atoms with van der Waals surface area (Å²) < 4.78 is 8.72. The number of hydrogen-bond acceptors (Lipinski definition) is 3. The van der Waals surface area contributed by atoms with Crippen molar-refractivity contribution in [2.75, 3.05) is 0 Å². The summed E-state index contributed by atoms with van der Waals surface area (Å²) in [5.41, 5.74) is 5.45. The van der Waals surface area contributed by atoms with E-state index in [4.69, 9.17) is 14.4 Å². The molecule has 0 unspecified atom stereocenters. The molecule has 10 aromatic rings. The number of rotatable bonds is 2. The SMILES string of the molecule is c1ccc2c(-c3nc(-n4c5ccc6ccccc6c5c5ccc6ccccc6c54)nc4oc5ccccc5c34)cccc2c1. The van der Waals surface area contributed by atoms with E-state index in [0.717, 1.165) is 49.4 Å². The minimum atomic E-state index is 0.579. The highest BCUT2D eigenvalue weighted by Crippen LogP contribution is 2.42. The quantitative estimate of drug-likeness (QED) is 0.211. The lowest BCUT2D eigenvalue weighted by Crippen LogP contribution is -2.03. The Hall–Kier alpha value is -6.00. The molecule has 3 heterocycles. The molecule has 44 heavy (non-hydrogen) atoms. The Morgan fingerprint density at radius 1 is 0.455 bits per heavy atom. The zero-order valence-electron chi connectivity index (χ0n) is 23.5. The summed E-state index contributed by atoms with van der Waals surface area (Å²) in [6, 6.07) is 49.0. The van der Waals surface area contributed by atoms with Crippen molar-refractivity contribution in [3.05, 3.63) is 140 Å². The molecule has 0 atom stereocenters. The second-order valence-corrected chi connectivity index (χ2v) is 11.4. The summed E-state index contributed by atoms with van der Waals surface area (Å²) >= 11 is 0. The second-order valence-electron chi connectivity index (χ2n) is 11.4. The van der Waals surface area contributed by atoms with Crippen LogP contribution in [0.3, 0.4) is 0 Å². The van der Waals surface area contributed by atoms with Gasteiger partial charge in [-0.25, -0.2) is 4.98 Å². The lowest BCUT2D eigenvalue weighted by Gasteiger charge is -2.12. The van der Waals surface area contributed by atoms with Gasteiger partial charge in [-0.1, -0.05) is 127 Å². The molecule has 0 spiro atoms. The fourth-order valence-corrected chi connectivity index (χ4v) is 7.09. The molecule has 204 valence electrons. The van der Waals surface area contributed by atoms with Crippen molar-refractivity contribution in [1.82, 2.24) is 14.5 Å². The molecule has 0 aliphatic carbocycles. The molecule has 0 saturated carbocycles. The number of aromatic nitrogens is 3. The van der Waals surface area contributed by atoms with E-state index in [2.05, 4.69) is 126 Å². The Kier molecular flexibility index (Phi) is 4.69. The van der Waals surface area contributed by atoms with Crippen LogP contribution in [0.1, 0.15) is 0 Å². The van der Waals surface area contributed by atoms with Gasteiger partial charge in [0.1, 0.15) is 5.58 Å². The molecular formula is C40H23N3O. The average molecular weight is 562 g/mol. The maximum Gasteiger partial charge on any atom is 0.238 e. The maximum absolute atomic E-state index is 6.48. The molecule has 0 bridgehead atoms. The van der Waals surface area contributed by atoms with Crippen LogP contribution < -0.4 is 0 Å². The summed E-state index contributed by atoms with van der Waals surface area (Å²) in [6.45, 7) is 0. The monoisotopic (exact) mass is 561 g/mol. The molecule has 0 saturated heterocycles. The normalized spacial score (nSPS) is 12.1. The Balaban J connectivity index is 1.42. The molecule has 0 N–H and O–H groups in total. The van der Waals surface area contributed by atoms with E-state index in [1.807, 2.05) is 18.2 Å².